The van der Waals surface area contributed by atoms with E-state index < -0.39 is 4.92 Å². The molecule has 0 N–H and O–H groups in total. The second-order valence-corrected chi connectivity index (χ2v) is 7.85. The van der Waals surface area contributed by atoms with Crippen molar-refractivity contribution in [3.63, 3.8) is 0 Å². The van der Waals surface area contributed by atoms with E-state index in [-0.39, 0.29) is 5.69 Å². The lowest BCUT2D eigenvalue weighted by molar-refractivity contribution is -0.384. The zero-order chi connectivity index (χ0) is 21.6. The Morgan fingerprint density at radius 2 is 1.77 bits per heavy atom. The molecule has 0 spiro atoms. The second kappa shape index (κ2) is 9.72. The number of likely N-dealkylation sites (N-methyl/N-ethyl adjacent to an activating group) is 1. The minimum Gasteiger partial charge on any atom is -0.369 e. The van der Waals surface area contributed by atoms with Crippen LogP contribution < -0.4 is 4.90 Å². The van der Waals surface area contributed by atoms with Gasteiger partial charge in [-0.05, 0) is 25.2 Å². The predicted molar refractivity (Wildman–Crippen MR) is 120 cm³/mol. The number of nitro benzene ring substituents is 1. The molecular weight excluding hydrogens is 394 g/mol. The number of para-hydroxylation sites is 2. The summed E-state index contributed by atoms with van der Waals surface area (Å²) in [5.74, 6) is 0.699. The molecule has 2 aromatic carbocycles. The number of hydrogen-bond acceptors (Lipinski definition) is 7. The Bertz CT molecular complexity index is 999. The van der Waals surface area contributed by atoms with Crippen LogP contribution in [0.1, 0.15) is 5.76 Å². The third kappa shape index (κ3) is 5.28. The molecule has 0 amide bonds. The molecule has 0 atom stereocenters. The molecule has 31 heavy (non-hydrogen) atoms. The van der Waals surface area contributed by atoms with E-state index in [4.69, 9.17) is 4.52 Å². The van der Waals surface area contributed by atoms with Gasteiger partial charge in [-0.2, -0.15) is 0 Å². The summed E-state index contributed by atoms with van der Waals surface area (Å²) in [6.07, 6.45) is 0. The highest BCUT2D eigenvalue weighted by molar-refractivity contribution is 5.70. The quantitative estimate of drug-likeness (QED) is 0.407. The van der Waals surface area contributed by atoms with E-state index in [1.54, 1.807) is 24.3 Å². The summed E-state index contributed by atoms with van der Waals surface area (Å²) in [4.78, 5) is 18.0. The van der Waals surface area contributed by atoms with Gasteiger partial charge < -0.3 is 9.42 Å². The molecule has 4 rings (SSSR count). The number of rotatable bonds is 8. The minimum absolute atomic E-state index is 0.0327. The molecule has 8 nitrogen and oxygen atoms in total. The van der Waals surface area contributed by atoms with Crippen molar-refractivity contribution in [3.8, 4) is 11.3 Å². The highest BCUT2D eigenvalue weighted by atomic mass is 16.6. The van der Waals surface area contributed by atoms with Crippen molar-refractivity contribution in [3.05, 3.63) is 76.5 Å². The van der Waals surface area contributed by atoms with Crippen LogP contribution in [0.2, 0.25) is 0 Å². The minimum atomic E-state index is -0.395. The molecule has 3 aromatic rings. The summed E-state index contributed by atoms with van der Waals surface area (Å²) in [6, 6.07) is 18.9. The summed E-state index contributed by atoms with van der Waals surface area (Å²) in [7, 11) is 2.05. The van der Waals surface area contributed by atoms with Crippen molar-refractivity contribution in [2.45, 2.75) is 6.54 Å². The fraction of sp³-hybridized carbons (Fsp3) is 0.348. The van der Waals surface area contributed by atoms with Gasteiger partial charge in [-0.25, -0.2) is 0 Å². The van der Waals surface area contributed by atoms with E-state index in [1.165, 1.54) is 11.8 Å². The first-order valence-electron chi connectivity index (χ1n) is 10.5. The van der Waals surface area contributed by atoms with Crippen LogP contribution in [0.25, 0.3) is 11.3 Å². The summed E-state index contributed by atoms with van der Waals surface area (Å²) in [5.41, 5.74) is 2.29. The Balaban J connectivity index is 1.26. The fourth-order valence-electron chi connectivity index (χ4n) is 3.89. The third-order valence-electron chi connectivity index (χ3n) is 5.65. The van der Waals surface area contributed by atoms with Crippen LogP contribution in [0.5, 0.6) is 0 Å². The zero-order valence-electron chi connectivity index (χ0n) is 17.7. The molecule has 2 heterocycles. The number of benzene rings is 2. The van der Waals surface area contributed by atoms with Gasteiger partial charge in [0.15, 0.2) is 5.76 Å². The number of aromatic nitrogens is 1. The van der Waals surface area contributed by atoms with Gasteiger partial charge in [0, 0.05) is 57.1 Å². The van der Waals surface area contributed by atoms with E-state index in [9.17, 15) is 10.1 Å². The number of nitrogens with zero attached hydrogens (tertiary/aromatic N) is 5. The number of anilines is 1. The van der Waals surface area contributed by atoms with Crippen molar-refractivity contribution in [2.75, 3.05) is 51.2 Å². The van der Waals surface area contributed by atoms with E-state index >= 15 is 0 Å². The van der Waals surface area contributed by atoms with Gasteiger partial charge in [-0.15, -0.1) is 0 Å². The van der Waals surface area contributed by atoms with Gasteiger partial charge in [0.1, 0.15) is 5.69 Å². The monoisotopic (exact) mass is 421 g/mol. The van der Waals surface area contributed by atoms with Crippen LogP contribution >= 0.6 is 0 Å². The van der Waals surface area contributed by atoms with Crippen molar-refractivity contribution in [2.24, 2.45) is 0 Å². The van der Waals surface area contributed by atoms with Gasteiger partial charge in [-0.3, -0.25) is 19.9 Å². The average molecular weight is 422 g/mol. The van der Waals surface area contributed by atoms with Crippen molar-refractivity contribution < 1.29 is 9.45 Å². The molecular formula is C23H27N5O3. The second-order valence-electron chi connectivity index (χ2n) is 7.85. The SMILES string of the molecule is CN(CCN1CCN(c2ccccc2)CC1)Cc1cc(-c2ccccc2[N+](=O)[O-])no1. The first-order chi connectivity index (χ1) is 15.1. The lowest BCUT2D eigenvalue weighted by Crippen LogP contribution is -2.48. The maximum atomic E-state index is 11.2. The van der Waals surface area contributed by atoms with E-state index in [0.717, 1.165) is 39.3 Å². The van der Waals surface area contributed by atoms with Gasteiger partial charge >= 0.3 is 0 Å². The Morgan fingerprint density at radius 1 is 1.06 bits per heavy atom. The Morgan fingerprint density at radius 3 is 2.52 bits per heavy atom. The van der Waals surface area contributed by atoms with Crippen LogP contribution in [-0.4, -0.2) is 66.2 Å². The zero-order valence-corrected chi connectivity index (χ0v) is 17.7. The molecule has 1 fully saturated rings. The molecule has 1 aromatic heterocycles. The summed E-state index contributed by atoms with van der Waals surface area (Å²) < 4.78 is 5.44. The van der Waals surface area contributed by atoms with Gasteiger partial charge in [0.2, 0.25) is 0 Å². The van der Waals surface area contributed by atoms with Crippen LogP contribution in [0.15, 0.2) is 65.2 Å². The smallest absolute Gasteiger partial charge is 0.278 e. The lowest BCUT2D eigenvalue weighted by atomic mass is 10.1. The first-order valence-corrected chi connectivity index (χ1v) is 10.5. The topological polar surface area (TPSA) is 78.9 Å². The molecule has 1 aliphatic heterocycles. The molecule has 0 unspecified atom stereocenters. The van der Waals surface area contributed by atoms with Crippen LogP contribution in [0.4, 0.5) is 11.4 Å². The van der Waals surface area contributed by atoms with Crippen molar-refractivity contribution in [1.29, 1.82) is 0 Å². The number of piperazine rings is 1. The Hall–Kier alpha value is -3.23. The molecule has 162 valence electrons. The van der Waals surface area contributed by atoms with Gasteiger partial charge in [0.25, 0.3) is 5.69 Å². The van der Waals surface area contributed by atoms with Crippen LogP contribution in [0, 0.1) is 10.1 Å². The largest absolute Gasteiger partial charge is 0.369 e. The van der Waals surface area contributed by atoms with Gasteiger partial charge in [-0.1, -0.05) is 35.5 Å². The highest BCUT2D eigenvalue weighted by Gasteiger charge is 2.19. The third-order valence-corrected chi connectivity index (χ3v) is 5.65. The normalized spacial score (nSPS) is 14.8. The van der Waals surface area contributed by atoms with E-state index in [2.05, 4.69) is 44.1 Å². The summed E-state index contributed by atoms with van der Waals surface area (Å²) in [6.45, 7) is 6.68. The molecule has 0 saturated carbocycles. The van der Waals surface area contributed by atoms with Crippen LogP contribution in [-0.2, 0) is 6.54 Å². The average Bonchev–Trinajstić information content (AvgIpc) is 3.27. The van der Waals surface area contributed by atoms with E-state index in [0.29, 0.717) is 23.6 Å². The number of hydrogen-bond donors (Lipinski definition) is 0. The van der Waals surface area contributed by atoms with E-state index in [1.807, 2.05) is 13.1 Å². The molecule has 0 radical (unpaired) electrons. The molecule has 1 aliphatic rings. The predicted octanol–water partition coefficient (Wildman–Crippen LogP) is 3.50. The maximum Gasteiger partial charge on any atom is 0.278 e. The maximum absolute atomic E-state index is 11.2. The molecule has 8 heteroatoms. The standard InChI is InChI=1S/C23H27N5O3/c1-25(11-12-26-13-15-27(16-14-26)19-7-3-2-4-8-19)18-20-17-22(24-31-20)21-9-5-6-10-23(21)28(29)30/h2-10,17H,11-16,18H2,1H3. The summed E-state index contributed by atoms with van der Waals surface area (Å²) >= 11 is 0. The van der Waals surface area contributed by atoms with Crippen molar-refractivity contribution >= 4 is 11.4 Å². The van der Waals surface area contributed by atoms with Crippen molar-refractivity contribution in [1.82, 2.24) is 15.0 Å². The summed E-state index contributed by atoms with van der Waals surface area (Å²) in [5, 5.41) is 15.3. The highest BCUT2D eigenvalue weighted by Crippen LogP contribution is 2.29. The molecule has 0 bridgehead atoms. The first kappa shape index (κ1) is 21.0. The Labute approximate surface area is 181 Å². The molecule has 0 aliphatic carbocycles. The van der Waals surface area contributed by atoms with Gasteiger partial charge in [0.05, 0.1) is 17.0 Å². The Kier molecular flexibility index (Phi) is 6.59. The molecule has 1 saturated heterocycles. The van der Waals surface area contributed by atoms with Crippen LogP contribution in [0.3, 0.4) is 0 Å². The number of nitro groups is 1. The fourth-order valence-corrected chi connectivity index (χ4v) is 3.89. The lowest BCUT2D eigenvalue weighted by Gasteiger charge is -2.36.